The molecule has 0 aliphatic heterocycles. The van der Waals surface area contributed by atoms with E-state index in [0.29, 0.717) is 12.5 Å². The van der Waals surface area contributed by atoms with Crippen LogP contribution in [-0.4, -0.2) is 34.9 Å². The fraction of sp³-hybridized carbons (Fsp3) is 0.444. The highest BCUT2D eigenvalue weighted by Crippen LogP contribution is 2.32. The predicted molar refractivity (Wildman–Crippen MR) is 130 cm³/mol. The smallest absolute Gasteiger partial charge is 0.305 e. The average molecular weight is 424 g/mol. The molecule has 0 saturated carbocycles. The number of para-hydroxylation sites is 1. The van der Waals surface area contributed by atoms with Crippen LogP contribution in [0.15, 0.2) is 55.1 Å². The minimum Gasteiger partial charge on any atom is -0.481 e. The van der Waals surface area contributed by atoms with Crippen LogP contribution in [0.4, 0.5) is 5.69 Å². The third-order valence-corrected chi connectivity index (χ3v) is 5.74. The van der Waals surface area contributed by atoms with Gasteiger partial charge >= 0.3 is 5.97 Å². The molecule has 2 aromatic rings. The predicted octanol–water partition coefficient (Wildman–Crippen LogP) is 5.91. The Morgan fingerprint density at radius 1 is 1.06 bits per heavy atom. The molecule has 4 heteroatoms. The van der Waals surface area contributed by atoms with E-state index in [1.165, 1.54) is 11.3 Å². The molecule has 0 aromatic heterocycles. The molecule has 0 amide bonds. The van der Waals surface area contributed by atoms with Crippen LogP contribution in [0.25, 0.3) is 5.57 Å². The maximum atomic E-state index is 10.8. The number of carboxylic acids is 1. The number of rotatable bonds is 12. The Morgan fingerprint density at radius 3 is 2.32 bits per heavy atom. The van der Waals surface area contributed by atoms with Crippen LogP contribution in [-0.2, 0) is 4.79 Å². The molecule has 0 aliphatic rings. The van der Waals surface area contributed by atoms with Crippen LogP contribution < -0.4 is 4.90 Å². The fourth-order valence-corrected chi connectivity index (χ4v) is 4.02. The van der Waals surface area contributed by atoms with Gasteiger partial charge in [0.25, 0.3) is 0 Å². The van der Waals surface area contributed by atoms with Gasteiger partial charge in [-0.2, -0.15) is 0 Å². The third kappa shape index (κ3) is 7.55. The summed E-state index contributed by atoms with van der Waals surface area (Å²) in [6.07, 6.45) is 1.49. The summed E-state index contributed by atoms with van der Waals surface area (Å²) in [5.41, 5.74) is 5.71. The van der Waals surface area contributed by atoms with Crippen molar-refractivity contribution in [3.63, 3.8) is 0 Å². The largest absolute Gasteiger partial charge is 0.481 e. The number of anilines is 1. The standard InChI is InChI=1S/C27H37NO3/c1-19(2)28(16-8-9-21(4)17-24(29)18-27(30)31)26-11-7-6-10-25(26)22(5)23-14-12-20(3)13-15-23/h6-7,10-15,19,21,24,29H,5,8-9,16-18H2,1-4H3,(H,30,31)/t21-,24-/m1/s1. The second-order valence-corrected chi connectivity index (χ2v) is 8.88. The molecule has 0 aliphatic carbocycles. The highest BCUT2D eigenvalue weighted by atomic mass is 16.4. The average Bonchev–Trinajstić information content (AvgIpc) is 2.70. The van der Waals surface area contributed by atoms with Crippen LogP contribution in [0.1, 0.15) is 63.1 Å². The van der Waals surface area contributed by atoms with Crippen LogP contribution in [0.2, 0.25) is 0 Å². The molecule has 4 nitrogen and oxygen atoms in total. The number of hydrogen-bond acceptors (Lipinski definition) is 3. The van der Waals surface area contributed by atoms with Crippen molar-refractivity contribution in [2.24, 2.45) is 5.92 Å². The molecule has 0 unspecified atom stereocenters. The van der Waals surface area contributed by atoms with E-state index in [1.54, 1.807) is 0 Å². The Bertz CT molecular complexity index is 857. The molecule has 168 valence electrons. The lowest BCUT2D eigenvalue weighted by atomic mass is 9.95. The number of benzene rings is 2. The summed E-state index contributed by atoms with van der Waals surface area (Å²) in [6.45, 7) is 13.9. The molecule has 0 spiro atoms. The Labute approximate surface area is 187 Å². The van der Waals surface area contributed by atoms with E-state index in [0.717, 1.165) is 36.1 Å². The van der Waals surface area contributed by atoms with Gasteiger partial charge in [-0.15, -0.1) is 0 Å². The van der Waals surface area contributed by atoms with Gasteiger partial charge in [0.05, 0.1) is 12.5 Å². The van der Waals surface area contributed by atoms with E-state index >= 15 is 0 Å². The van der Waals surface area contributed by atoms with Crippen molar-refractivity contribution >= 4 is 17.2 Å². The number of carboxylic acid groups (broad SMARTS) is 1. The summed E-state index contributed by atoms with van der Waals surface area (Å²) in [5.74, 6) is -0.669. The molecule has 2 aromatic carbocycles. The molecule has 0 heterocycles. The first-order valence-corrected chi connectivity index (χ1v) is 11.2. The second-order valence-electron chi connectivity index (χ2n) is 8.88. The topological polar surface area (TPSA) is 60.8 Å². The number of carbonyl (C=O) groups is 1. The number of aliphatic hydroxyl groups is 1. The number of hydrogen-bond donors (Lipinski definition) is 2. The van der Waals surface area contributed by atoms with Crippen molar-refractivity contribution < 1.29 is 15.0 Å². The SMILES string of the molecule is C=C(c1ccc(C)cc1)c1ccccc1N(CCC[C@@H](C)C[C@@H](O)CC(=O)O)C(C)C. The lowest BCUT2D eigenvalue weighted by Crippen LogP contribution is -2.32. The van der Waals surface area contributed by atoms with E-state index in [1.807, 2.05) is 0 Å². The summed E-state index contributed by atoms with van der Waals surface area (Å²) in [5, 5.41) is 18.7. The van der Waals surface area contributed by atoms with Crippen molar-refractivity contribution in [1.29, 1.82) is 0 Å². The summed E-state index contributed by atoms with van der Waals surface area (Å²) in [7, 11) is 0. The highest BCUT2D eigenvalue weighted by Gasteiger charge is 2.18. The molecule has 2 N–H and O–H groups in total. The van der Waals surface area contributed by atoms with Gasteiger partial charge in [0.2, 0.25) is 0 Å². The van der Waals surface area contributed by atoms with E-state index in [9.17, 15) is 9.90 Å². The van der Waals surface area contributed by atoms with Crippen molar-refractivity contribution in [3.8, 4) is 0 Å². The van der Waals surface area contributed by atoms with E-state index < -0.39 is 12.1 Å². The zero-order chi connectivity index (χ0) is 23.0. The van der Waals surface area contributed by atoms with Crippen molar-refractivity contribution in [2.45, 2.75) is 65.5 Å². The third-order valence-electron chi connectivity index (χ3n) is 5.74. The summed E-state index contributed by atoms with van der Waals surface area (Å²) >= 11 is 0. The van der Waals surface area contributed by atoms with Crippen molar-refractivity contribution in [1.82, 2.24) is 0 Å². The van der Waals surface area contributed by atoms with Crippen LogP contribution >= 0.6 is 0 Å². The Kier molecular flexibility index (Phi) is 9.32. The first kappa shape index (κ1) is 24.7. The first-order valence-electron chi connectivity index (χ1n) is 11.2. The number of aliphatic hydroxyl groups excluding tert-OH is 1. The van der Waals surface area contributed by atoms with Crippen LogP contribution in [0, 0.1) is 12.8 Å². The molecule has 0 saturated heterocycles. The lowest BCUT2D eigenvalue weighted by molar-refractivity contribution is -0.139. The molecule has 2 rings (SSSR count). The number of aliphatic carboxylic acids is 1. The van der Waals surface area contributed by atoms with Crippen LogP contribution in [0.5, 0.6) is 0 Å². The summed E-state index contributed by atoms with van der Waals surface area (Å²) in [4.78, 5) is 13.2. The molecular formula is C27H37NO3. The molecular weight excluding hydrogens is 386 g/mol. The van der Waals surface area contributed by atoms with Gasteiger partial charge in [-0.05, 0) is 63.2 Å². The second kappa shape index (κ2) is 11.7. The Hall–Kier alpha value is -2.59. The maximum absolute atomic E-state index is 10.8. The minimum absolute atomic E-state index is 0.184. The quantitative estimate of drug-likeness (QED) is 0.445. The van der Waals surface area contributed by atoms with E-state index in [-0.39, 0.29) is 12.3 Å². The first-order chi connectivity index (χ1) is 14.7. The summed E-state index contributed by atoms with van der Waals surface area (Å²) < 4.78 is 0. The molecule has 31 heavy (non-hydrogen) atoms. The Morgan fingerprint density at radius 2 is 1.71 bits per heavy atom. The minimum atomic E-state index is -0.948. The molecule has 2 atom stereocenters. The number of aryl methyl sites for hydroxylation is 1. The van der Waals surface area contributed by atoms with Crippen molar-refractivity contribution in [3.05, 3.63) is 71.8 Å². The monoisotopic (exact) mass is 423 g/mol. The van der Waals surface area contributed by atoms with Crippen LogP contribution in [0.3, 0.4) is 0 Å². The molecule has 0 radical (unpaired) electrons. The van der Waals surface area contributed by atoms with Gasteiger partial charge in [-0.3, -0.25) is 4.79 Å². The van der Waals surface area contributed by atoms with Gasteiger partial charge in [0.15, 0.2) is 0 Å². The highest BCUT2D eigenvalue weighted by molar-refractivity contribution is 5.85. The van der Waals surface area contributed by atoms with Crippen molar-refractivity contribution in [2.75, 3.05) is 11.4 Å². The summed E-state index contributed by atoms with van der Waals surface area (Å²) in [6, 6.07) is 17.2. The van der Waals surface area contributed by atoms with Gasteiger partial charge < -0.3 is 15.1 Å². The Balaban J connectivity index is 2.09. The van der Waals surface area contributed by atoms with Gasteiger partial charge in [0, 0.05) is 23.8 Å². The maximum Gasteiger partial charge on any atom is 0.305 e. The van der Waals surface area contributed by atoms with E-state index in [2.05, 4.69) is 87.7 Å². The number of nitrogens with zero attached hydrogens (tertiary/aromatic N) is 1. The fourth-order valence-electron chi connectivity index (χ4n) is 4.02. The van der Waals surface area contributed by atoms with E-state index in [4.69, 9.17) is 5.11 Å². The van der Waals surface area contributed by atoms with Gasteiger partial charge in [-0.25, -0.2) is 0 Å². The van der Waals surface area contributed by atoms with Gasteiger partial charge in [-0.1, -0.05) is 61.5 Å². The zero-order valence-electron chi connectivity index (χ0n) is 19.3. The van der Waals surface area contributed by atoms with Gasteiger partial charge in [0.1, 0.15) is 0 Å². The zero-order valence-corrected chi connectivity index (χ0v) is 19.3. The lowest BCUT2D eigenvalue weighted by Gasteiger charge is -2.32. The molecule has 0 fully saturated rings. The normalized spacial score (nSPS) is 13.1. The molecule has 0 bridgehead atoms.